The average Bonchev–Trinajstić information content (AvgIpc) is 3.31. The minimum absolute atomic E-state index is 0.114. The third kappa shape index (κ3) is 3.00. The van der Waals surface area contributed by atoms with Crippen molar-refractivity contribution in [1.82, 2.24) is 24.5 Å². The highest BCUT2D eigenvalue weighted by Gasteiger charge is 2.22. The predicted molar refractivity (Wildman–Crippen MR) is 91.3 cm³/mol. The first kappa shape index (κ1) is 15.4. The van der Waals surface area contributed by atoms with Crippen molar-refractivity contribution >= 4 is 23.2 Å². The van der Waals surface area contributed by atoms with E-state index in [1.165, 1.54) is 0 Å². The van der Waals surface area contributed by atoms with E-state index in [0.29, 0.717) is 25.6 Å². The Hall–Kier alpha value is -3.10. The molecule has 0 radical (unpaired) electrons. The van der Waals surface area contributed by atoms with Crippen molar-refractivity contribution in [3.63, 3.8) is 0 Å². The highest BCUT2D eigenvalue weighted by atomic mass is 16.3. The Morgan fingerprint density at radius 1 is 1.32 bits per heavy atom. The van der Waals surface area contributed by atoms with Crippen molar-refractivity contribution in [2.24, 2.45) is 0 Å². The van der Waals surface area contributed by atoms with Crippen LogP contribution in [0.15, 0.2) is 35.3 Å². The molecule has 0 saturated carbocycles. The van der Waals surface area contributed by atoms with Crippen molar-refractivity contribution in [2.75, 3.05) is 36.4 Å². The number of aromatic nitrogens is 4. The van der Waals surface area contributed by atoms with Crippen LogP contribution in [0.25, 0.3) is 5.65 Å². The second-order valence-corrected chi connectivity index (χ2v) is 5.92. The smallest absolute Gasteiger partial charge is 0.219 e. The summed E-state index contributed by atoms with van der Waals surface area (Å²) in [5.41, 5.74) is 1.66. The maximum Gasteiger partial charge on any atom is 0.219 e. The number of furan rings is 1. The quantitative estimate of drug-likeness (QED) is 0.757. The lowest BCUT2D eigenvalue weighted by molar-refractivity contribution is -0.129. The van der Waals surface area contributed by atoms with Gasteiger partial charge in [-0.25, -0.2) is 9.38 Å². The van der Waals surface area contributed by atoms with Crippen LogP contribution in [0, 0.1) is 0 Å². The summed E-state index contributed by atoms with van der Waals surface area (Å²) in [5.74, 6) is 1.60. The summed E-state index contributed by atoms with van der Waals surface area (Å²) < 4.78 is 7.15. The van der Waals surface area contributed by atoms with E-state index >= 15 is 0 Å². The largest absolute Gasteiger partial charge is 0.467 e. The number of nitrogens with one attached hydrogen (secondary N) is 1. The molecular formula is C16H19N7O2. The zero-order valence-electron chi connectivity index (χ0n) is 13.9. The molecule has 1 aliphatic heterocycles. The van der Waals surface area contributed by atoms with Crippen molar-refractivity contribution in [1.29, 1.82) is 0 Å². The first-order valence-corrected chi connectivity index (χ1v) is 8.18. The van der Waals surface area contributed by atoms with E-state index in [-0.39, 0.29) is 5.91 Å². The first-order valence-electron chi connectivity index (χ1n) is 8.18. The van der Waals surface area contributed by atoms with Gasteiger partial charge in [0.05, 0.1) is 19.0 Å². The number of carbonyl (C=O) groups is 1. The van der Waals surface area contributed by atoms with Gasteiger partial charge in [-0.15, -0.1) is 10.2 Å². The van der Waals surface area contributed by atoms with Gasteiger partial charge >= 0.3 is 0 Å². The summed E-state index contributed by atoms with van der Waals surface area (Å²) in [7, 11) is 0. The lowest BCUT2D eigenvalue weighted by Crippen LogP contribution is -2.48. The Bertz CT molecular complexity index is 866. The molecule has 0 spiro atoms. The van der Waals surface area contributed by atoms with Crippen LogP contribution in [0.2, 0.25) is 0 Å². The molecule has 1 amide bonds. The predicted octanol–water partition coefficient (Wildman–Crippen LogP) is 0.998. The van der Waals surface area contributed by atoms with Crippen LogP contribution in [-0.4, -0.2) is 56.6 Å². The zero-order valence-corrected chi connectivity index (χ0v) is 13.9. The van der Waals surface area contributed by atoms with Crippen LogP contribution in [0.4, 0.5) is 11.6 Å². The van der Waals surface area contributed by atoms with Gasteiger partial charge in [0.25, 0.3) is 0 Å². The van der Waals surface area contributed by atoms with Crippen molar-refractivity contribution < 1.29 is 9.21 Å². The molecule has 0 bridgehead atoms. The van der Waals surface area contributed by atoms with Gasteiger partial charge in [-0.3, -0.25) is 4.79 Å². The van der Waals surface area contributed by atoms with Gasteiger partial charge in [0.2, 0.25) is 11.9 Å². The van der Waals surface area contributed by atoms with Gasteiger partial charge in [0.1, 0.15) is 17.8 Å². The molecule has 3 aromatic rings. The zero-order chi connectivity index (χ0) is 17.2. The molecule has 1 aliphatic rings. The average molecular weight is 341 g/mol. The van der Waals surface area contributed by atoms with E-state index in [1.807, 2.05) is 21.4 Å². The highest BCUT2D eigenvalue weighted by molar-refractivity contribution is 5.74. The number of piperazine rings is 1. The van der Waals surface area contributed by atoms with Gasteiger partial charge in [0, 0.05) is 33.1 Å². The van der Waals surface area contributed by atoms with Crippen LogP contribution in [-0.2, 0) is 11.3 Å². The van der Waals surface area contributed by atoms with Gasteiger partial charge < -0.3 is 19.5 Å². The summed E-state index contributed by atoms with van der Waals surface area (Å²) in [5, 5.41) is 11.5. The van der Waals surface area contributed by atoms with E-state index in [4.69, 9.17) is 4.42 Å². The Morgan fingerprint density at radius 3 is 2.88 bits per heavy atom. The number of fused-ring (bicyclic) bond motifs is 1. The normalized spacial score (nSPS) is 14.9. The lowest BCUT2D eigenvalue weighted by Gasteiger charge is -2.35. The Morgan fingerprint density at radius 2 is 2.16 bits per heavy atom. The SMILES string of the molecule is CC(=O)N1CCN(c2cnc(NCc3ccco3)n3cnnc23)CC1. The minimum atomic E-state index is 0.114. The molecule has 9 heteroatoms. The number of rotatable bonds is 4. The molecule has 130 valence electrons. The van der Waals surface area contributed by atoms with Crippen LogP contribution < -0.4 is 10.2 Å². The molecule has 9 nitrogen and oxygen atoms in total. The van der Waals surface area contributed by atoms with E-state index < -0.39 is 0 Å². The van der Waals surface area contributed by atoms with E-state index in [0.717, 1.165) is 30.2 Å². The molecule has 1 fully saturated rings. The summed E-state index contributed by atoms with van der Waals surface area (Å²) in [6.45, 7) is 5.05. The van der Waals surface area contributed by atoms with Crippen molar-refractivity contribution in [3.05, 3.63) is 36.7 Å². The molecule has 0 aliphatic carbocycles. The number of hydrogen-bond acceptors (Lipinski definition) is 7. The van der Waals surface area contributed by atoms with E-state index in [1.54, 1.807) is 25.7 Å². The molecule has 0 unspecified atom stereocenters. The fraction of sp³-hybridized carbons (Fsp3) is 0.375. The number of hydrogen-bond donors (Lipinski definition) is 1. The monoisotopic (exact) mass is 341 g/mol. The number of carbonyl (C=O) groups excluding carboxylic acids is 1. The molecule has 3 aromatic heterocycles. The second-order valence-electron chi connectivity index (χ2n) is 5.92. The lowest BCUT2D eigenvalue weighted by atomic mass is 10.3. The van der Waals surface area contributed by atoms with Crippen LogP contribution >= 0.6 is 0 Å². The fourth-order valence-electron chi connectivity index (χ4n) is 3.00. The van der Waals surface area contributed by atoms with Crippen LogP contribution in [0.3, 0.4) is 0 Å². The fourth-order valence-corrected chi connectivity index (χ4v) is 3.00. The molecule has 4 heterocycles. The third-order valence-corrected chi connectivity index (χ3v) is 4.38. The van der Waals surface area contributed by atoms with Gasteiger partial charge in [0.15, 0.2) is 5.65 Å². The minimum Gasteiger partial charge on any atom is -0.467 e. The number of anilines is 2. The summed E-state index contributed by atoms with van der Waals surface area (Å²) in [6.07, 6.45) is 5.09. The number of nitrogens with zero attached hydrogens (tertiary/aromatic N) is 6. The van der Waals surface area contributed by atoms with Gasteiger partial charge in [-0.2, -0.15) is 0 Å². The topological polar surface area (TPSA) is 91.8 Å². The Balaban J connectivity index is 1.54. The summed E-state index contributed by atoms with van der Waals surface area (Å²) in [6, 6.07) is 3.75. The first-order chi connectivity index (χ1) is 12.2. The molecule has 1 N–H and O–H groups in total. The van der Waals surface area contributed by atoms with Gasteiger partial charge in [-0.1, -0.05) is 0 Å². The number of amides is 1. The molecule has 0 aromatic carbocycles. The van der Waals surface area contributed by atoms with Crippen LogP contribution in [0.5, 0.6) is 0 Å². The molecule has 1 saturated heterocycles. The molecule has 0 atom stereocenters. The maximum atomic E-state index is 11.5. The third-order valence-electron chi connectivity index (χ3n) is 4.38. The summed E-state index contributed by atoms with van der Waals surface area (Å²) in [4.78, 5) is 20.0. The van der Waals surface area contributed by atoms with E-state index in [2.05, 4.69) is 25.4 Å². The molecule has 4 rings (SSSR count). The molecule has 25 heavy (non-hydrogen) atoms. The Labute approximate surface area is 144 Å². The highest BCUT2D eigenvalue weighted by Crippen LogP contribution is 2.23. The molecular weight excluding hydrogens is 322 g/mol. The standard InChI is InChI=1S/C16H19N7O2/c1-12(24)21-4-6-22(7-5-21)14-10-18-16(23-11-19-20-15(14)23)17-9-13-3-2-8-25-13/h2-3,8,10-11H,4-7,9H2,1H3,(H,17,18). The van der Waals surface area contributed by atoms with E-state index in [9.17, 15) is 4.79 Å². The summed E-state index contributed by atoms with van der Waals surface area (Å²) >= 11 is 0. The van der Waals surface area contributed by atoms with Crippen molar-refractivity contribution in [2.45, 2.75) is 13.5 Å². The van der Waals surface area contributed by atoms with Crippen LogP contribution in [0.1, 0.15) is 12.7 Å². The maximum absolute atomic E-state index is 11.5. The second kappa shape index (κ2) is 6.42. The Kier molecular flexibility index (Phi) is 3.96. The van der Waals surface area contributed by atoms with Gasteiger partial charge in [-0.05, 0) is 12.1 Å². The van der Waals surface area contributed by atoms with Crippen molar-refractivity contribution in [3.8, 4) is 0 Å².